The zero-order valence-electron chi connectivity index (χ0n) is 16.9. The largest absolute Gasteiger partial charge is 0.431 e. The second-order valence-corrected chi connectivity index (χ2v) is 9.78. The van der Waals surface area contributed by atoms with Crippen molar-refractivity contribution in [3.63, 3.8) is 0 Å². The first kappa shape index (κ1) is 20.9. The first-order valence-electron chi connectivity index (χ1n) is 9.86. The van der Waals surface area contributed by atoms with E-state index in [-0.39, 0.29) is 16.6 Å². The van der Waals surface area contributed by atoms with Gasteiger partial charge in [-0.15, -0.1) is 0 Å². The number of fused-ring (bicyclic) bond motifs is 2. The number of thioether (sulfide) groups is 1. The van der Waals surface area contributed by atoms with Crippen molar-refractivity contribution < 1.29 is 17.6 Å². The average Bonchev–Trinajstić information content (AvgIpc) is 3.36. The van der Waals surface area contributed by atoms with Gasteiger partial charge in [0.05, 0.1) is 10.6 Å². The first-order chi connectivity index (χ1) is 14.4. The number of oxazole rings is 1. The van der Waals surface area contributed by atoms with Gasteiger partial charge in [-0.3, -0.25) is 4.79 Å². The van der Waals surface area contributed by atoms with E-state index in [2.05, 4.69) is 4.98 Å². The zero-order chi connectivity index (χ0) is 21.3. The van der Waals surface area contributed by atoms with E-state index in [1.54, 1.807) is 23.1 Å². The predicted octanol–water partition coefficient (Wildman–Crippen LogP) is 3.54. The van der Waals surface area contributed by atoms with E-state index in [0.717, 1.165) is 16.8 Å². The van der Waals surface area contributed by atoms with Crippen molar-refractivity contribution in [2.24, 2.45) is 0 Å². The molecule has 0 bridgehead atoms. The van der Waals surface area contributed by atoms with E-state index in [1.165, 1.54) is 16.1 Å². The number of benzene rings is 2. The molecule has 0 unspecified atom stereocenters. The number of carbonyl (C=O) groups is 1. The number of aromatic nitrogens is 1. The summed E-state index contributed by atoms with van der Waals surface area (Å²) in [5, 5.41) is 0.463. The molecule has 9 heteroatoms. The number of hydrogen-bond acceptors (Lipinski definition) is 6. The molecule has 1 aliphatic rings. The molecule has 7 nitrogen and oxygen atoms in total. The molecular weight excluding hydrogens is 422 g/mol. The molecule has 0 atom stereocenters. The molecule has 0 N–H and O–H groups in total. The molecular formula is C21H23N3O4S2. The topological polar surface area (TPSA) is 83.7 Å². The highest BCUT2D eigenvalue weighted by molar-refractivity contribution is 7.99. The van der Waals surface area contributed by atoms with Crippen LogP contribution in [0, 0.1) is 0 Å². The number of amides is 1. The molecule has 1 aliphatic heterocycles. The number of hydrogen-bond donors (Lipinski definition) is 0. The van der Waals surface area contributed by atoms with Crippen molar-refractivity contribution in [3.05, 3.63) is 48.0 Å². The maximum Gasteiger partial charge on any atom is 0.257 e. The van der Waals surface area contributed by atoms with Crippen LogP contribution in [0.5, 0.6) is 0 Å². The monoisotopic (exact) mass is 445 g/mol. The number of carbonyl (C=O) groups excluding carboxylic acids is 1. The fourth-order valence-corrected chi connectivity index (χ4v) is 5.85. The fourth-order valence-electron chi connectivity index (χ4n) is 3.62. The smallest absolute Gasteiger partial charge is 0.257 e. The standard InChI is InChI=1S/C21H23N3O4S2/c1-3-23(4-2)30(26,27)16-9-10-18-15(13-16)11-12-24(18)20(25)14-29-21-22-17-7-5-6-8-19(17)28-21/h5-10,13H,3-4,11-12,14H2,1-2H3. The summed E-state index contributed by atoms with van der Waals surface area (Å²) < 4.78 is 32.6. The lowest BCUT2D eigenvalue weighted by Gasteiger charge is -2.20. The Morgan fingerprint density at radius 1 is 1.20 bits per heavy atom. The second kappa shape index (κ2) is 8.41. The fraction of sp³-hybridized carbons (Fsp3) is 0.333. The molecule has 0 radical (unpaired) electrons. The molecule has 2 aromatic carbocycles. The number of sulfonamides is 1. The van der Waals surface area contributed by atoms with Gasteiger partial charge in [-0.25, -0.2) is 13.4 Å². The van der Waals surface area contributed by atoms with Crippen LogP contribution in [-0.2, 0) is 21.2 Å². The van der Waals surface area contributed by atoms with Crippen LogP contribution in [-0.4, -0.2) is 49.0 Å². The minimum Gasteiger partial charge on any atom is -0.431 e. The van der Waals surface area contributed by atoms with Gasteiger partial charge in [0.15, 0.2) is 5.58 Å². The van der Waals surface area contributed by atoms with Crippen molar-refractivity contribution in [2.45, 2.75) is 30.4 Å². The van der Waals surface area contributed by atoms with Crippen LogP contribution < -0.4 is 4.90 Å². The van der Waals surface area contributed by atoms with Crippen LogP contribution in [0.25, 0.3) is 11.1 Å². The summed E-state index contributed by atoms with van der Waals surface area (Å²) in [5.74, 6) is 0.145. The van der Waals surface area contributed by atoms with Crippen molar-refractivity contribution in [2.75, 3.05) is 30.3 Å². The van der Waals surface area contributed by atoms with Gasteiger partial charge in [0.1, 0.15) is 5.52 Å². The zero-order valence-corrected chi connectivity index (χ0v) is 18.5. The lowest BCUT2D eigenvalue weighted by molar-refractivity contribution is -0.116. The summed E-state index contributed by atoms with van der Waals surface area (Å²) in [6.45, 7) is 5.03. The van der Waals surface area contributed by atoms with Gasteiger partial charge in [0.2, 0.25) is 15.9 Å². The third-order valence-electron chi connectivity index (χ3n) is 5.18. The summed E-state index contributed by atoms with van der Waals surface area (Å²) in [7, 11) is -3.51. The van der Waals surface area contributed by atoms with E-state index in [9.17, 15) is 13.2 Å². The number of para-hydroxylation sites is 2. The van der Waals surface area contributed by atoms with Crippen LogP contribution >= 0.6 is 11.8 Å². The van der Waals surface area contributed by atoms with E-state index in [0.29, 0.717) is 36.9 Å². The highest BCUT2D eigenvalue weighted by Gasteiger charge is 2.28. The number of anilines is 1. The molecule has 30 heavy (non-hydrogen) atoms. The Hall–Kier alpha value is -2.36. The molecule has 4 rings (SSSR count). The third-order valence-corrected chi connectivity index (χ3v) is 8.04. The van der Waals surface area contributed by atoms with Crippen LogP contribution in [0.15, 0.2) is 57.0 Å². The van der Waals surface area contributed by atoms with Crippen LogP contribution in [0.2, 0.25) is 0 Å². The van der Waals surface area contributed by atoms with Crippen molar-refractivity contribution in [1.82, 2.24) is 9.29 Å². The lowest BCUT2D eigenvalue weighted by atomic mass is 10.2. The normalized spacial score (nSPS) is 13.9. The average molecular weight is 446 g/mol. The molecule has 158 valence electrons. The van der Waals surface area contributed by atoms with Gasteiger partial charge in [0, 0.05) is 25.3 Å². The molecule has 1 aromatic heterocycles. The lowest BCUT2D eigenvalue weighted by Crippen LogP contribution is -2.31. The van der Waals surface area contributed by atoms with Crippen molar-refractivity contribution in [1.29, 1.82) is 0 Å². The second-order valence-electron chi connectivity index (χ2n) is 6.91. The molecule has 1 amide bonds. The Labute approximate surface area is 180 Å². The van der Waals surface area contributed by atoms with Gasteiger partial charge in [0.25, 0.3) is 5.22 Å². The SMILES string of the molecule is CCN(CC)S(=O)(=O)c1ccc2c(c1)CCN2C(=O)CSc1nc2ccccc2o1. The van der Waals surface area contributed by atoms with Gasteiger partial charge < -0.3 is 9.32 Å². The molecule has 0 aliphatic carbocycles. The first-order valence-corrected chi connectivity index (χ1v) is 12.3. The maximum absolute atomic E-state index is 12.8. The van der Waals surface area contributed by atoms with Crippen LogP contribution in [0.1, 0.15) is 19.4 Å². The third kappa shape index (κ3) is 3.84. The number of rotatable bonds is 7. The minimum absolute atomic E-state index is 0.0552. The minimum atomic E-state index is -3.51. The summed E-state index contributed by atoms with van der Waals surface area (Å²) in [6, 6.07) is 12.5. The van der Waals surface area contributed by atoms with E-state index < -0.39 is 10.0 Å². The predicted molar refractivity (Wildman–Crippen MR) is 117 cm³/mol. The Kier molecular flexibility index (Phi) is 5.86. The van der Waals surface area contributed by atoms with Crippen LogP contribution in [0.4, 0.5) is 5.69 Å². The van der Waals surface area contributed by atoms with Crippen molar-refractivity contribution in [3.8, 4) is 0 Å². The molecule has 0 saturated carbocycles. The van der Waals surface area contributed by atoms with Gasteiger partial charge in [-0.1, -0.05) is 37.7 Å². The summed E-state index contributed by atoms with van der Waals surface area (Å²) in [4.78, 5) is 19.2. The molecule has 0 saturated heterocycles. The Balaban J connectivity index is 1.48. The maximum atomic E-state index is 12.8. The summed E-state index contributed by atoms with van der Waals surface area (Å²) in [6.07, 6.45) is 0.635. The Morgan fingerprint density at radius 2 is 1.97 bits per heavy atom. The Morgan fingerprint density at radius 3 is 2.70 bits per heavy atom. The van der Waals surface area contributed by atoms with Crippen molar-refractivity contribution >= 4 is 44.5 Å². The van der Waals surface area contributed by atoms with E-state index in [1.807, 2.05) is 38.1 Å². The molecule has 0 fully saturated rings. The summed E-state index contributed by atoms with van der Waals surface area (Å²) >= 11 is 1.26. The Bertz CT molecular complexity index is 1150. The molecule has 0 spiro atoms. The van der Waals surface area contributed by atoms with Gasteiger partial charge in [-0.05, 0) is 42.3 Å². The molecule has 2 heterocycles. The quantitative estimate of drug-likeness (QED) is 0.517. The van der Waals surface area contributed by atoms with E-state index in [4.69, 9.17) is 4.42 Å². The van der Waals surface area contributed by atoms with Crippen LogP contribution in [0.3, 0.4) is 0 Å². The highest BCUT2D eigenvalue weighted by atomic mass is 32.2. The van der Waals surface area contributed by atoms with Gasteiger partial charge >= 0.3 is 0 Å². The number of nitrogens with zero attached hydrogens (tertiary/aromatic N) is 3. The molecule has 3 aromatic rings. The summed E-state index contributed by atoms with van der Waals surface area (Å²) in [5.41, 5.74) is 3.11. The highest BCUT2D eigenvalue weighted by Crippen LogP contribution is 2.32. The van der Waals surface area contributed by atoms with E-state index >= 15 is 0 Å². The van der Waals surface area contributed by atoms with Gasteiger partial charge in [-0.2, -0.15) is 4.31 Å².